The van der Waals surface area contributed by atoms with Gasteiger partial charge in [0.25, 0.3) is 0 Å². The van der Waals surface area contributed by atoms with Crippen LogP contribution in [0.15, 0.2) is 53.5 Å². The molecule has 0 fully saturated rings. The van der Waals surface area contributed by atoms with Gasteiger partial charge in [0, 0.05) is 11.4 Å². The highest BCUT2D eigenvalue weighted by Gasteiger charge is 2.04. The molecule has 1 unspecified atom stereocenters. The topological polar surface area (TPSA) is 47.6 Å². The van der Waals surface area contributed by atoms with Gasteiger partial charge in [0.05, 0.1) is 12.4 Å². The second kappa shape index (κ2) is 7.85. The summed E-state index contributed by atoms with van der Waals surface area (Å²) in [7, 11) is 0. The van der Waals surface area contributed by atoms with Gasteiger partial charge in [-0.3, -0.25) is 4.99 Å². The van der Waals surface area contributed by atoms with Crippen LogP contribution >= 0.6 is 11.6 Å². The molecule has 0 aliphatic heterocycles. The van der Waals surface area contributed by atoms with Crippen molar-refractivity contribution in [3.05, 3.63) is 64.7 Å². The summed E-state index contributed by atoms with van der Waals surface area (Å²) in [5.74, 6) is 1.46. The molecule has 3 nitrogen and oxygen atoms in total. The van der Waals surface area contributed by atoms with E-state index in [2.05, 4.69) is 4.99 Å². The van der Waals surface area contributed by atoms with E-state index in [1.807, 2.05) is 62.4 Å². The predicted octanol–water partition coefficient (Wildman–Crippen LogP) is 4.02. The van der Waals surface area contributed by atoms with E-state index >= 15 is 0 Å². The maximum atomic E-state index is 5.97. The minimum atomic E-state index is -0.0226. The average Bonchev–Trinajstić information content (AvgIpc) is 2.48. The van der Waals surface area contributed by atoms with Gasteiger partial charge < -0.3 is 10.5 Å². The molecule has 0 aromatic heterocycles. The Kier molecular flexibility index (Phi) is 5.84. The van der Waals surface area contributed by atoms with Crippen molar-refractivity contribution in [2.24, 2.45) is 10.7 Å². The second-order valence-corrected chi connectivity index (χ2v) is 5.82. The van der Waals surface area contributed by atoms with Gasteiger partial charge in [-0.25, -0.2) is 0 Å². The third kappa shape index (κ3) is 5.41. The van der Waals surface area contributed by atoms with Gasteiger partial charge >= 0.3 is 0 Å². The first-order valence-corrected chi connectivity index (χ1v) is 7.67. The van der Waals surface area contributed by atoms with Crippen LogP contribution < -0.4 is 10.5 Å². The number of nitrogens with two attached hydrogens (primary N) is 1. The van der Waals surface area contributed by atoms with Crippen LogP contribution in [0.1, 0.15) is 18.1 Å². The van der Waals surface area contributed by atoms with Gasteiger partial charge in [-0.2, -0.15) is 0 Å². The summed E-state index contributed by atoms with van der Waals surface area (Å²) < 4.78 is 5.83. The first-order chi connectivity index (χ1) is 10.5. The summed E-state index contributed by atoms with van der Waals surface area (Å²) in [5, 5.41) is 0.722. The van der Waals surface area contributed by atoms with E-state index in [0.29, 0.717) is 18.8 Å². The number of hydrogen-bond acceptors (Lipinski definition) is 2. The van der Waals surface area contributed by atoms with E-state index in [-0.39, 0.29) is 6.10 Å². The highest BCUT2D eigenvalue weighted by Crippen LogP contribution is 2.14. The zero-order chi connectivity index (χ0) is 15.9. The van der Waals surface area contributed by atoms with Crippen molar-refractivity contribution in [3.8, 4) is 5.75 Å². The van der Waals surface area contributed by atoms with Gasteiger partial charge in [-0.15, -0.1) is 0 Å². The SMILES string of the molecule is Cc1cccc(OC(C)CN=C(N)Cc2ccc(Cl)cc2)c1. The molecule has 0 spiro atoms. The Hall–Kier alpha value is -2.00. The van der Waals surface area contributed by atoms with Crippen LogP contribution in [-0.2, 0) is 6.42 Å². The Morgan fingerprint density at radius 3 is 2.64 bits per heavy atom. The number of aryl methyl sites for hydroxylation is 1. The van der Waals surface area contributed by atoms with Crippen molar-refractivity contribution < 1.29 is 4.74 Å². The van der Waals surface area contributed by atoms with Crippen LogP contribution in [0.3, 0.4) is 0 Å². The summed E-state index contributed by atoms with van der Waals surface area (Å²) in [6, 6.07) is 15.6. The molecular weight excluding hydrogens is 296 g/mol. The number of benzene rings is 2. The molecule has 1 atom stereocenters. The summed E-state index contributed by atoms with van der Waals surface area (Å²) in [5.41, 5.74) is 8.24. The van der Waals surface area contributed by atoms with Crippen molar-refractivity contribution in [1.29, 1.82) is 0 Å². The number of amidine groups is 1. The summed E-state index contributed by atoms with van der Waals surface area (Å²) in [6.45, 7) is 4.56. The van der Waals surface area contributed by atoms with Crippen molar-refractivity contribution in [2.45, 2.75) is 26.4 Å². The van der Waals surface area contributed by atoms with Crippen LogP contribution in [0.25, 0.3) is 0 Å². The molecule has 2 rings (SSSR count). The Morgan fingerprint density at radius 2 is 1.95 bits per heavy atom. The highest BCUT2D eigenvalue weighted by atomic mass is 35.5. The van der Waals surface area contributed by atoms with E-state index < -0.39 is 0 Å². The molecule has 2 aromatic carbocycles. The van der Waals surface area contributed by atoms with Gasteiger partial charge in [0.1, 0.15) is 11.9 Å². The fourth-order valence-electron chi connectivity index (χ4n) is 2.07. The second-order valence-electron chi connectivity index (χ2n) is 5.38. The lowest BCUT2D eigenvalue weighted by Crippen LogP contribution is -2.21. The van der Waals surface area contributed by atoms with E-state index in [1.54, 1.807) is 0 Å². The third-order valence-electron chi connectivity index (χ3n) is 3.18. The van der Waals surface area contributed by atoms with E-state index in [4.69, 9.17) is 22.1 Å². The monoisotopic (exact) mass is 316 g/mol. The first-order valence-electron chi connectivity index (χ1n) is 7.29. The fraction of sp³-hybridized carbons (Fsp3) is 0.278. The third-order valence-corrected chi connectivity index (χ3v) is 3.43. The molecule has 0 saturated carbocycles. The van der Waals surface area contributed by atoms with Crippen LogP contribution in [0, 0.1) is 6.92 Å². The van der Waals surface area contributed by atoms with Crippen LogP contribution in [0.2, 0.25) is 5.02 Å². The van der Waals surface area contributed by atoms with Crippen LogP contribution in [-0.4, -0.2) is 18.5 Å². The molecule has 2 N–H and O–H groups in total. The molecule has 0 aliphatic carbocycles. The van der Waals surface area contributed by atoms with Gasteiger partial charge in [-0.1, -0.05) is 35.9 Å². The standard InChI is InChI=1S/C18H21ClN2O/c1-13-4-3-5-17(10-13)22-14(2)12-21-18(20)11-15-6-8-16(19)9-7-15/h3-10,14H,11-12H2,1-2H3,(H2,20,21). The van der Waals surface area contributed by atoms with Crippen molar-refractivity contribution in [3.63, 3.8) is 0 Å². The van der Waals surface area contributed by atoms with Crippen molar-refractivity contribution in [2.75, 3.05) is 6.54 Å². The largest absolute Gasteiger partial charge is 0.489 e. The number of aliphatic imine (C=N–C) groups is 1. The number of halogens is 1. The number of ether oxygens (including phenoxy) is 1. The van der Waals surface area contributed by atoms with Crippen LogP contribution in [0.4, 0.5) is 0 Å². The predicted molar refractivity (Wildman–Crippen MR) is 92.9 cm³/mol. The lowest BCUT2D eigenvalue weighted by atomic mass is 10.1. The molecule has 0 aliphatic rings. The molecule has 22 heavy (non-hydrogen) atoms. The Bertz CT molecular complexity index is 638. The number of nitrogens with zero attached hydrogens (tertiary/aromatic N) is 1. The zero-order valence-electron chi connectivity index (χ0n) is 12.9. The Morgan fingerprint density at radius 1 is 1.23 bits per heavy atom. The average molecular weight is 317 g/mol. The maximum absolute atomic E-state index is 5.97. The molecule has 116 valence electrons. The summed E-state index contributed by atoms with van der Waals surface area (Å²) in [4.78, 5) is 4.40. The number of rotatable bonds is 6. The zero-order valence-corrected chi connectivity index (χ0v) is 13.7. The van der Waals surface area contributed by atoms with Gasteiger partial charge in [0.2, 0.25) is 0 Å². The molecule has 4 heteroatoms. The highest BCUT2D eigenvalue weighted by molar-refractivity contribution is 6.30. The maximum Gasteiger partial charge on any atom is 0.120 e. The lowest BCUT2D eigenvalue weighted by Gasteiger charge is -2.13. The van der Waals surface area contributed by atoms with E-state index in [9.17, 15) is 0 Å². The summed E-state index contributed by atoms with van der Waals surface area (Å²) >= 11 is 5.86. The lowest BCUT2D eigenvalue weighted by molar-refractivity contribution is 0.230. The molecule has 2 aromatic rings. The normalized spacial score (nSPS) is 13.0. The molecule has 0 radical (unpaired) electrons. The summed E-state index contributed by atoms with van der Waals surface area (Å²) in [6.07, 6.45) is 0.597. The Labute approximate surface area is 136 Å². The number of hydrogen-bond donors (Lipinski definition) is 1. The minimum Gasteiger partial charge on any atom is -0.489 e. The molecule has 0 bridgehead atoms. The van der Waals surface area contributed by atoms with E-state index in [1.165, 1.54) is 5.56 Å². The molecule has 0 saturated heterocycles. The minimum absolute atomic E-state index is 0.0226. The smallest absolute Gasteiger partial charge is 0.120 e. The fourth-order valence-corrected chi connectivity index (χ4v) is 2.20. The first kappa shape index (κ1) is 16.4. The quantitative estimate of drug-likeness (QED) is 0.646. The van der Waals surface area contributed by atoms with Crippen molar-refractivity contribution in [1.82, 2.24) is 0 Å². The van der Waals surface area contributed by atoms with E-state index in [0.717, 1.165) is 16.3 Å². The molecule has 0 amide bonds. The van der Waals surface area contributed by atoms with Crippen LogP contribution in [0.5, 0.6) is 5.75 Å². The molecule has 0 heterocycles. The van der Waals surface area contributed by atoms with Crippen molar-refractivity contribution >= 4 is 17.4 Å². The van der Waals surface area contributed by atoms with Gasteiger partial charge in [0.15, 0.2) is 0 Å². The molecular formula is C18H21ClN2O. The van der Waals surface area contributed by atoms with Gasteiger partial charge in [-0.05, 0) is 49.2 Å². The Balaban J connectivity index is 1.85.